The highest BCUT2D eigenvalue weighted by Crippen LogP contribution is 2.18. The summed E-state index contributed by atoms with van der Waals surface area (Å²) in [7, 11) is 0. The molecular formula is C11H11NO2. The molecule has 0 unspecified atom stereocenters. The minimum absolute atomic E-state index is 0.0251. The number of aryl methyl sites for hydroxylation is 1. The second-order valence-electron chi connectivity index (χ2n) is 3.08. The van der Waals surface area contributed by atoms with Crippen LogP contribution in [0.1, 0.15) is 11.3 Å². The standard InChI is InChI=1S/C11H11NO2/c1-8-9(7-13)4-5-10(12-8)11-3-2-6-14-11/h2-6,13H,7H2,1H3. The van der Waals surface area contributed by atoms with E-state index >= 15 is 0 Å². The molecular weight excluding hydrogens is 178 g/mol. The summed E-state index contributed by atoms with van der Waals surface area (Å²) in [5.41, 5.74) is 2.48. The van der Waals surface area contributed by atoms with E-state index in [4.69, 9.17) is 9.52 Å². The van der Waals surface area contributed by atoms with Crippen molar-refractivity contribution >= 4 is 0 Å². The Hall–Kier alpha value is -1.61. The molecule has 0 saturated heterocycles. The van der Waals surface area contributed by atoms with Crippen LogP contribution in [0.15, 0.2) is 34.9 Å². The van der Waals surface area contributed by atoms with Crippen molar-refractivity contribution in [3.63, 3.8) is 0 Å². The average molecular weight is 189 g/mol. The van der Waals surface area contributed by atoms with Gasteiger partial charge in [0.2, 0.25) is 0 Å². The smallest absolute Gasteiger partial charge is 0.152 e. The van der Waals surface area contributed by atoms with Crippen LogP contribution in [-0.4, -0.2) is 10.1 Å². The Morgan fingerprint density at radius 2 is 2.21 bits per heavy atom. The molecule has 14 heavy (non-hydrogen) atoms. The topological polar surface area (TPSA) is 46.3 Å². The lowest BCUT2D eigenvalue weighted by Gasteiger charge is -2.02. The van der Waals surface area contributed by atoms with E-state index in [2.05, 4.69) is 4.98 Å². The molecule has 2 heterocycles. The Morgan fingerprint density at radius 3 is 2.79 bits per heavy atom. The lowest BCUT2D eigenvalue weighted by Crippen LogP contribution is -1.93. The fourth-order valence-corrected chi connectivity index (χ4v) is 1.32. The van der Waals surface area contributed by atoms with Crippen molar-refractivity contribution in [2.45, 2.75) is 13.5 Å². The number of hydrogen-bond acceptors (Lipinski definition) is 3. The Kier molecular flexibility index (Phi) is 2.33. The Morgan fingerprint density at radius 1 is 1.36 bits per heavy atom. The molecule has 0 saturated carbocycles. The quantitative estimate of drug-likeness (QED) is 0.787. The van der Waals surface area contributed by atoms with Gasteiger partial charge in [-0.3, -0.25) is 0 Å². The van der Waals surface area contributed by atoms with E-state index in [0.717, 1.165) is 22.7 Å². The SMILES string of the molecule is Cc1nc(-c2ccco2)ccc1CO. The van der Waals surface area contributed by atoms with E-state index in [1.165, 1.54) is 0 Å². The minimum Gasteiger partial charge on any atom is -0.463 e. The monoisotopic (exact) mass is 189 g/mol. The predicted octanol–water partition coefficient (Wildman–Crippen LogP) is 2.14. The van der Waals surface area contributed by atoms with E-state index in [9.17, 15) is 0 Å². The summed E-state index contributed by atoms with van der Waals surface area (Å²) in [4.78, 5) is 4.33. The third-order valence-corrected chi connectivity index (χ3v) is 2.14. The van der Waals surface area contributed by atoms with Gasteiger partial charge in [-0.05, 0) is 30.7 Å². The zero-order valence-corrected chi connectivity index (χ0v) is 7.90. The van der Waals surface area contributed by atoms with Gasteiger partial charge in [0.25, 0.3) is 0 Å². The van der Waals surface area contributed by atoms with Gasteiger partial charge in [0, 0.05) is 5.69 Å². The molecule has 3 nitrogen and oxygen atoms in total. The molecule has 2 aromatic heterocycles. The van der Waals surface area contributed by atoms with E-state index in [1.807, 2.05) is 31.2 Å². The molecule has 2 aromatic rings. The van der Waals surface area contributed by atoms with Gasteiger partial charge in [0.15, 0.2) is 5.76 Å². The van der Waals surface area contributed by atoms with Crippen molar-refractivity contribution in [1.29, 1.82) is 0 Å². The number of furan rings is 1. The maximum atomic E-state index is 8.98. The summed E-state index contributed by atoms with van der Waals surface area (Å²) in [6, 6.07) is 7.39. The minimum atomic E-state index is 0.0251. The van der Waals surface area contributed by atoms with Crippen LogP contribution in [0, 0.1) is 6.92 Å². The maximum absolute atomic E-state index is 8.98. The highest BCUT2D eigenvalue weighted by atomic mass is 16.3. The molecule has 0 radical (unpaired) electrons. The van der Waals surface area contributed by atoms with E-state index < -0.39 is 0 Å². The second-order valence-corrected chi connectivity index (χ2v) is 3.08. The molecule has 3 heteroatoms. The number of aliphatic hydroxyl groups is 1. The molecule has 0 bridgehead atoms. The molecule has 0 aliphatic rings. The first-order valence-electron chi connectivity index (χ1n) is 4.42. The zero-order chi connectivity index (χ0) is 9.97. The van der Waals surface area contributed by atoms with Crippen LogP contribution in [0.2, 0.25) is 0 Å². The van der Waals surface area contributed by atoms with Gasteiger partial charge in [-0.15, -0.1) is 0 Å². The largest absolute Gasteiger partial charge is 0.463 e. The first kappa shape index (κ1) is 8.97. The molecule has 0 fully saturated rings. The number of rotatable bonds is 2. The van der Waals surface area contributed by atoms with Crippen molar-refractivity contribution in [3.8, 4) is 11.5 Å². The number of aromatic nitrogens is 1. The molecule has 72 valence electrons. The fourth-order valence-electron chi connectivity index (χ4n) is 1.32. The van der Waals surface area contributed by atoms with Crippen LogP contribution in [0.3, 0.4) is 0 Å². The Bertz CT molecular complexity index is 421. The van der Waals surface area contributed by atoms with Crippen LogP contribution < -0.4 is 0 Å². The number of hydrogen-bond donors (Lipinski definition) is 1. The summed E-state index contributed by atoms with van der Waals surface area (Å²) < 4.78 is 5.22. The lowest BCUT2D eigenvalue weighted by atomic mass is 10.2. The van der Waals surface area contributed by atoms with Crippen molar-refractivity contribution in [3.05, 3.63) is 41.8 Å². The average Bonchev–Trinajstić information content (AvgIpc) is 2.70. The van der Waals surface area contributed by atoms with E-state index in [1.54, 1.807) is 6.26 Å². The third kappa shape index (κ3) is 1.54. The van der Waals surface area contributed by atoms with Gasteiger partial charge >= 0.3 is 0 Å². The van der Waals surface area contributed by atoms with Gasteiger partial charge in [0.1, 0.15) is 5.69 Å². The normalized spacial score (nSPS) is 10.4. The van der Waals surface area contributed by atoms with E-state index in [-0.39, 0.29) is 6.61 Å². The molecule has 0 atom stereocenters. The van der Waals surface area contributed by atoms with Gasteiger partial charge in [-0.2, -0.15) is 0 Å². The predicted molar refractivity (Wildman–Crippen MR) is 52.6 cm³/mol. The molecule has 0 aliphatic heterocycles. The second kappa shape index (κ2) is 3.64. The van der Waals surface area contributed by atoms with Crippen LogP contribution in [0.5, 0.6) is 0 Å². The summed E-state index contributed by atoms with van der Waals surface area (Å²) in [5.74, 6) is 0.748. The first-order valence-corrected chi connectivity index (χ1v) is 4.42. The van der Waals surface area contributed by atoms with Crippen LogP contribution in [0.4, 0.5) is 0 Å². The fraction of sp³-hybridized carbons (Fsp3) is 0.182. The number of pyridine rings is 1. The molecule has 0 aromatic carbocycles. The van der Waals surface area contributed by atoms with Crippen molar-refractivity contribution < 1.29 is 9.52 Å². The van der Waals surface area contributed by atoms with Crippen LogP contribution >= 0.6 is 0 Å². The van der Waals surface area contributed by atoms with Crippen LogP contribution in [0.25, 0.3) is 11.5 Å². The molecule has 1 N–H and O–H groups in total. The van der Waals surface area contributed by atoms with Gasteiger partial charge in [-0.25, -0.2) is 4.98 Å². The zero-order valence-electron chi connectivity index (χ0n) is 7.90. The summed E-state index contributed by atoms with van der Waals surface area (Å²) in [6.45, 7) is 1.90. The molecule has 0 spiro atoms. The van der Waals surface area contributed by atoms with Crippen molar-refractivity contribution in [2.75, 3.05) is 0 Å². The number of aliphatic hydroxyl groups excluding tert-OH is 1. The summed E-state index contributed by atoms with van der Waals surface area (Å²) in [5, 5.41) is 8.98. The van der Waals surface area contributed by atoms with E-state index in [0.29, 0.717) is 0 Å². The summed E-state index contributed by atoms with van der Waals surface area (Å²) >= 11 is 0. The van der Waals surface area contributed by atoms with Crippen molar-refractivity contribution in [2.24, 2.45) is 0 Å². The number of nitrogens with zero attached hydrogens (tertiary/aromatic N) is 1. The highest BCUT2D eigenvalue weighted by molar-refractivity contribution is 5.52. The molecule has 2 rings (SSSR count). The first-order chi connectivity index (χ1) is 6.81. The third-order valence-electron chi connectivity index (χ3n) is 2.14. The molecule has 0 amide bonds. The Balaban J connectivity index is 2.43. The maximum Gasteiger partial charge on any atom is 0.152 e. The van der Waals surface area contributed by atoms with Gasteiger partial charge in [-0.1, -0.05) is 6.07 Å². The highest BCUT2D eigenvalue weighted by Gasteiger charge is 2.04. The Labute approximate surface area is 82.0 Å². The lowest BCUT2D eigenvalue weighted by molar-refractivity contribution is 0.280. The van der Waals surface area contributed by atoms with Gasteiger partial charge in [0.05, 0.1) is 12.9 Å². The summed E-state index contributed by atoms with van der Waals surface area (Å²) in [6.07, 6.45) is 1.62. The van der Waals surface area contributed by atoms with Gasteiger partial charge < -0.3 is 9.52 Å². The van der Waals surface area contributed by atoms with Crippen molar-refractivity contribution in [1.82, 2.24) is 4.98 Å². The van der Waals surface area contributed by atoms with Crippen LogP contribution in [-0.2, 0) is 6.61 Å². The molecule has 0 aliphatic carbocycles.